The van der Waals surface area contributed by atoms with Gasteiger partial charge in [0.2, 0.25) is 5.69 Å². The Morgan fingerprint density at radius 3 is 3.15 bits per heavy atom. The van der Waals surface area contributed by atoms with Crippen LogP contribution in [0.3, 0.4) is 0 Å². The normalized spacial score (nSPS) is 10.8. The second-order valence-electron chi connectivity index (χ2n) is 2.28. The Hall–Kier alpha value is -1.13. The lowest BCUT2D eigenvalue weighted by molar-refractivity contribution is -0.732. The van der Waals surface area contributed by atoms with Crippen molar-refractivity contribution in [1.82, 2.24) is 0 Å². The van der Waals surface area contributed by atoms with Gasteiger partial charge in [-0.25, -0.2) is 0 Å². The van der Waals surface area contributed by atoms with Crippen molar-refractivity contribution in [2.75, 3.05) is 6.07 Å². The number of oxime groups is 1. The van der Waals surface area contributed by atoms with Crippen LogP contribution >= 0.6 is 11.6 Å². The van der Waals surface area contributed by atoms with Crippen LogP contribution in [0.5, 0.6) is 0 Å². The van der Waals surface area contributed by atoms with Gasteiger partial charge in [-0.2, -0.15) is 4.57 Å². The van der Waals surface area contributed by atoms with Crippen molar-refractivity contribution in [3.05, 3.63) is 30.1 Å². The van der Waals surface area contributed by atoms with E-state index in [9.17, 15) is 0 Å². The van der Waals surface area contributed by atoms with E-state index in [1.54, 1.807) is 10.6 Å². The van der Waals surface area contributed by atoms with Crippen LogP contribution in [0, 0.1) is 0 Å². The van der Waals surface area contributed by atoms with Crippen LogP contribution in [0.1, 0.15) is 5.69 Å². The molecule has 0 atom stereocenters. The maximum absolute atomic E-state index is 8.36. The highest BCUT2D eigenvalue weighted by Crippen LogP contribution is 1.88. The minimum absolute atomic E-state index is 0.137. The van der Waals surface area contributed by atoms with Gasteiger partial charge in [0.05, 0.1) is 0 Å². The number of halogens is 1. The molecule has 13 heavy (non-hydrogen) atoms. The fraction of sp³-hybridized carbons (Fsp3) is 0.250. The molecule has 0 aliphatic rings. The predicted octanol–water partition coefficient (Wildman–Crippen LogP) is 0.953. The molecule has 1 aromatic heterocycles. The number of alkyl halides is 1. The van der Waals surface area contributed by atoms with Gasteiger partial charge < -0.3 is 9.94 Å². The third-order valence-corrected chi connectivity index (χ3v) is 1.63. The van der Waals surface area contributed by atoms with E-state index in [1.165, 1.54) is 6.21 Å². The van der Waals surface area contributed by atoms with Crippen LogP contribution < -0.4 is 4.57 Å². The average molecular weight is 202 g/mol. The predicted molar refractivity (Wildman–Crippen MR) is 47.8 cm³/mol. The molecule has 70 valence electrons. The number of pyridine rings is 1. The number of aromatic nitrogens is 1. The molecule has 0 fully saturated rings. The van der Waals surface area contributed by atoms with Gasteiger partial charge in [0.1, 0.15) is 12.3 Å². The second kappa shape index (κ2) is 5.50. The van der Waals surface area contributed by atoms with E-state index in [2.05, 4.69) is 5.16 Å². The number of hydrogen-bond donors (Lipinski definition) is 1. The molecular weight excluding hydrogens is 192 g/mol. The molecule has 1 rings (SSSR count). The van der Waals surface area contributed by atoms with Crippen molar-refractivity contribution in [1.29, 1.82) is 0 Å². The molecule has 5 heteroatoms. The van der Waals surface area contributed by atoms with Crippen molar-refractivity contribution >= 4 is 17.8 Å². The highest BCUT2D eigenvalue weighted by Gasteiger charge is 2.05. The molecule has 1 heterocycles. The van der Waals surface area contributed by atoms with Crippen molar-refractivity contribution in [2.45, 2.75) is 6.73 Å². The molecule has 0 aromatic carbocycles. The standard InChI is InChI=1S/C8H9ClN2O2/c9-6-13-7-11-4-2-1-3-8(11)5-10-12/h1-5H,6-7H2/p+1. The molecule has 0 radical (unpaired) electrons. The van der Waals surface area contributed by atoms with Crippen molar-refractivity contribution in [3.8, 4) is 0 Å². The second-order valence-corrected chi connectivity index (χ2v) is 2.50. The first-order valence-electron chi connectivity index (χ1n) is 3.68. The Labute approximate surface area is 81.0 Å². The molecule has 1 N–H and O–H groups in total. The van der Waals surface area contributed by atoms with Gasteiger partial charge in [0, 0.05) is 12.1 Å². The first-order valence-corrected chi connectivity index (χ1v) is 4.21. The van der Waals surface area contributed by atoms with Crippen LogP contribution in [-0.2, 0) is 11.5 Å². The molecule has 0 spiro atoms. The van der Waals surface area contributed by atoms with Gasteiger partial charge >= 0.3 is 0 Å². The molecular formula is C8H10ClN2O2+. The summed E-state index contributed by atoms with van der Waals surface area (Å²) in [6, 6.07) is 5.63. The number of rotatable bonds is 4. The van der Waals surface area contributed by atoms with E-state index >= 15 is 0 Å². The Kier molecular flexibility index (Phi) is 4.21. The lowest BCUT2D eigenvalue weighted by Crippen LogP contribution is -2.39. The molecule has 1 aromatic rings. The molecule has 0 bridgehead atoms. The summed E-state index contributed by atoms with van der Waals surface area (Å²) in [6.45, 7) is 0.339. The van der Waals surface area contributed by atoms with E-state index in [0.717, 1.165) is 5.69 Å². The lowest BCUT2D eigenvalue weighted by Gasteiger charge is -1.97. The Balaban J connectivity index is 2.78. The van der Waals surface area contributed by atoms with Gasteiger partial charge in [0.25, 0.3) is 6.73 Å². The minimum atomic E-state index is 0.137. The highest BCUT2D eigenvalue weighted by atomic mass is 35.5. The third-order valence-electron chi connectivity index (χ3n) is 1.47. The van der Waals surface area contributed by atoms with Crippen molar-refractivity contribution < 1.29 is 14.5 Å². The Bertz CT molecular complexity index is 291. The summed E-state index contributed by atoms with van der Waals surface area (Å²) in [7, 11) is 0. The zero-order valence-electron chi connectivity index (χ0n) is 6.93. The van der Waals surface area contributed by atoms with Gasteiger partial charge in [-0.05, 0) is 6.07 Å². The van der Waals surface area contributed by atoms with E-state index < -0.39 is 0 Å². The Morgan fingerprint density at radius 2 is 2.46 bits per heavy atom. The summed E-state index contributed by atoms with van der Waals surface area (Å²) < 4.78 is 6.76. The highest BCUT2D eigenvalue weighted by molar-refractivity contribution is 6.17. The summed E-state index contributed by atoms with van der Waals surface area (Å²) in [5.74, 6) is 0. The summed E-state index contributed by atoms with van der Waals surface area (Å²) in [4.78, 5) is 0. The average Bonchev–Trinajstić information content (AvgIpc) is 2.17. The van der Waals surface area contributed by atoms with Crippen LogP contribution in [-0.4, -0.2) is 17.5 Å². The first-order chi connectivity index (χ1) is 6.38. The van der Waals surface area contributed by atoms with E-state index in [0.29, 0.717) is 6.73 Å². The van der Waals surface area contributed by atoms with Gasteiger partial charge in [-0.3, -0.25) is 0 Å². The number of hydrogen-bond acceptors (Lipinski definition) is 3. The molecule has 0 saturated heterocycles. The molecule has 0 aliphatic heterocycles. The number of ether oxygens (including phenoxy) is 1. The summed E-state index contributed by atoms with van der Waals surface area (Å²) >= 11 is 5.36. The fourth-order valence-corrected chi connectivity index (χ4v) is 0.985. The monoisotopic (exact) mass is 201 g/mol. The maximum atomic E-state index is 8.36. The topological polar surface area (TPSA) is 45.7 Å². The van der Waals surface area contributed by atoms with Crippen LogP contribution in [0.2, 0.25) is 0 Å². The first kappa shape index (κ1) is 9.95. The molecule has 0 aliphatic carbocycles. The number of nitrogens with zero attached hydrogens (tertiary/aromatic N) is 2. The van der Waals surface area contributed by atoms with Crippen LogP contribution in [0.25, 0.3) is 0 Å². The van der Waals surface area contributed by atoms with E-state index in [1.807, 2.05) is 18.3 Å². The van der Waals surface area contributed by atoms with Gasteiger partial charge in [-0.1, -0.05) is 16.8 Å². The molecule has 0 saturated carbocycles. The summed E-state index contributed by atoms with van der Waals surface area (Å²) in [5, 5.41) is 11.3. The van der Waals surface area contributed by atoms with Gasteiger partial charge in [0.15, 0.2) is 6.20 Å². The molecule has 0 amide bonds. The fourth-order valence-electron chi connectivity index (χ4n) is 0.916. The van der Waals surface area contributed by atoms with Crippen molar-refractivity contribution in [2.24, 2.45) is 5.16 Å². The smallest absolute Gasteiger partial charge is 0.254 e. The minimum Gasteiger partial charge on any atom is -0.411 e. The molecule has 0 unspecified atom stereocenters. The quantitative estimate of drug-likeness (QED) is 0.259. The van der Waals surface area contributed by atoms with Crippen LogP contribution in [0.4, 0.5) is 0 Å². The maximum Gasteiger partial charge on any atom is 0.254 e. The van der Waals surface area contributed by atoms with E-state index in [4.69, 9.17) is 21.5 Å². The Morgan fingerprint density at radius 1 is 1.62 bits per heavy atom. The summed E-state index contributed by atoms with van der Waals surface area (Å²) in [5.41, 5.74) is 0.745. The van der Waals surface area contributed by atoms with Gasteiger partial charge in [-0.15, -0.1) is 0 Å². The molecule has 4 nitrogen and oxygen atoms in total. The van der Waals surface area contributed by atoms with Crippen molar-refractivity contribution in [3.63, 3.8) is 0 Å². The van der Waals surface area contributed by atoms with Crippen LogP contribution in [0.15, 0.2) is 29.6 Å². The van der Waals surface area contributed by atoms with E-state index in [-0.39, 0.29) is 6.07 Å². The largest absolute Gasteiger partial charge is 0.411 e. The summed E-state index contributed by atoms with van der Waals surface area (Å²) in [6.07, 6.45) is 3.14. The SMILES string of the molecule is O/N=C/c1cccc[n+]1COCCl. The zero-order chi connectivity index (χ0) is 9.52. The lowest BCUT2D eigenvalue weighted by atomic mass is 10.3. The zero-order valence-corrected chi connectivity index (χ0v) is 7.68. The third kappa shape index (κ3) is 3.01.